The largest absolute Gasteiger partial charge is 0.391 e. The van der Waals surface area contributed by atoms with E-state index >= 15 is 0 Å². The lowest BCUT2D eigenvalue weighted by molar-refractivity contribution is -0.759. The SMILES string of the molecule is CCCCC(O)CO[N+](=O)[O-]. The van der Waals surface area contributed by atoms with Crippen molar-refractivity contribution in [2.45, 2.75) is 32.3 Å². The molecule has 1 N–H and O–H groups in total. The first-order valence-electron chi connectivity index (χ1n) is 3.62. The number of aliphatic hydroxyl groups excluding tert-OH is 1. The third kappa shape index (κ3) is 7.05. The van der Waals surface area contributed by atoms with E-state index in [2.05, 4.69) is 4.84 Å². The van der Waals surface area contributed by atoms with E-state index in [1.54, 1.807) is 0 Å². The standard InChI is InChI=1S/C6H13NO4/c1-2-3-4-6(8)5-11-7(9)10/h6,8H,2-5H2,1H3. The molecule has 1 unspecified atom stereocenters. The molecular weight excluding hydrogens is 150 g/mol. The fourth-order valence-corrected chi connectivity index (χ4v) is 0.670. The van der Waals surface area contributed by atoms with Gasteiger partial charge in [-0.1, -0.05) is 19.8 Å². The van der Waals surface area contributed by atoms with Crippen molar-refractivity contribution < 1.29 is 15.0 Å². The summed E-state index contributed by atoms with van der Waals surface area (Å²) >= 11 is 0. The van der Waals surface area contributed by atoms with Crippen molar-refractivity contribution in [3.8, 4) is 0 Å². The first-order valence-corrected chi connectivity index (χ1v) is 3.62. The molecule has 0 aromatic carbocycles. The Kier molecular flexibility index (Phi) is 5.46. The maximum atomic E-state index is 9.65. The highest BCUT2D eigenvalue weighted by molar-refractivity contribution is 4.51. The predicted molar refractivity (Wildman–Crippen MR) is 38.5 cm³/mol. The Bertz CT molecular complexity index is 117. The van der Waals surface area contributed by atoms with Gasteiger partial charge < -0.3 is 9.94 Å². The van der Waals surface area contributed by atoms with Crippen molar-refractivity contribution in [1.82, 2.24) is 0 Å². The quantitative estimate of drug-likeness (QED) is 0.463. The maximum Gasteiger partial charge on any atom is 0.294 e. The summed E-state index contributed by atoms with van der Waals surface area (Å²) in [5.41, 5.74) is 0. The highest BCUT2D eigenvalue weighted by atomic mass is 17.0. The lowest BCUT2D eigenvalue weighted by atomic mass is 10.2. The van der Waals surface area contributed by atoms with Gasteiger partial charge >= 0.3 is 0 Å². The van der Waals surface area contributed by atoms with Crippen LogP contribution in [-0.2, 0) is 4.84 Å². The molecule has 0 spiro atoms. The fourth-order valence-electron chi connectivity index (χ4n) is 0.670. The molecule has 0 aliphatic rings. The van der Waals surface area contributed by atoms with E-state index in [1.807, 2.05) is 6.92 Å². The average Bonchev–Trinajstić information content (AvgIpc) is 1.97. The highest BCUT2D eigenvalue weighted by Gasteiger charge is 2.05. The predicted octanol–water partition coefficient (Wildman–Crippen LogP) is 0.746. The second-order valence-corrected chi connectivity index (χ2v) is 2.32. The summed E-state index contributed by atoms with van der Waals surface area (Å²) in [5.74, 6) is 0. The Balaban J connectivity index is 3.22. The van der Waals surface area contributed by atoms with Crippen molar-refractivity contribution in [3.63, 3.8) is 0 Å². The minimum atomic E-state index is -0.894. The van der Waals surface area contributed by atoms with Crippen molar-refractivity contribution >= 4 is 0 Å². The van der Waals surface area contributed by atoms with E-state index < -0.39 is 11.2 Å². The van der Waals surface area contributed by atoms with E-state index in [9.17, 15) is 10.1 Å². The molecule has 0 aromatic heterocycles. The molecule has 0 aliphatic heterocycles. The van der Waals surface area contributed by atoms with Gasteiger partial charge in [-0.05, 0) is 6.42 Å². The zero-order valence-corrected chi connectivity index (χ0v) is 6.52. The summed E-state index contributed by atoms with van der Waals surface area (Å²) in [7, 11) is 0. The summed E-state index contributed by atoms with van der Waals surface area (Å²) in [6.45, 7) is 1.77. The molecule has 11 heavy (non-hydrogen) atoms. The number of nitrogens with zero attached hydrogens (tertiary/aromatic N) is 1. The molecule has 0 saturated heterocycles. The van der Waals surface area contributed by atoms with Crippen LogP contribution in [0.3, 0.4) is 0 Å². The minimum absolute atomic E-state index is 0.215. The number of aliphatic hydroxyl groups is 1. The monoisotopic (exact) mass is 163 g/mol. The van der Waals surface area contributed by atoms with E-state index in [0.717, 1.165) is 12.8 Å². The van der Waals surface area contributed by atoms with E-state index in [1.165, 1.54) is 0 Å². The average molecular weight is 163 g/mol. The van der Waals surface area contributed by atoms with Crippen LogP contribution in [0.5, 0.6) is 0 Å². The normalized spacial score (nSPS) is 12.5. The zero-order valence-electron chi connectivity index (χ0n) is 6.52. The summed E-state index contributed by atoms with van der Waals surface area (Å²) in [4.78, 5) is 13.6. The number of hydrogen-bond donors (Lipinski definition) is 1. The molecule has 0 amide bonds. The van der Waals surface area contributed by atoms with Gasteiger partial charge in [0.25, 0.3) is 5.09 Å². The van der Waals surface area contributed by atoms with Gasteiger partial charge in [0.05, 0.1) is 6.10 Å². The molecule has 0 fully saturated rings. The van der Waals surface area contributed by atoms with Crippen molar-refractivity contribution in [2.75, 3.05) is 6.61 Å². The van der Waals surface area contributed by atoms with Crippen LogP contribution in [0, 0.1) is 10.1 Å². The summed E-state index contributed by atoms with van der Waals surface area (Å²) < 4.78 is 0. The van der Waals surface area contributed by atoms with Crippen molar-refractivity contribution in [3.05, 3.63) is 10.1 Å². The molecule has 66 valence electrons. The summed E-state index contributed by atoms with van der Waals surface area (Å²) in [5, 5.41) is 17.8. The first-order chi connectivity index (χ1) is 5.16. The van der Waals surface area contributed by atoms with Gasteiger partial charge in [0.15, 0.2) is 0 Å². The molecule has 5 nitrogen and oxygen atoms in total. The van der Waals surface area contributed by atoms with Crippen LogP contribution in [0.25, 0.3) is 0 Å². The first kappa shape index (κ1) is 10.2. The Morgan fingerprint density at radius 3 is 2.82 bits per heavy atom. The van der Waals surface area contributed by atoms with E-state index in [0.29, 0.717) is 6.42 Å². The second kappa shape index (κ2) is 5.91. The Labute approximate surface area is 65.1 Å². The minimum Gasteiger partial charge on any atom is -0.391 e. The molecule has 0 aromatic rings. The van der Waals surface area contributed by atoms with Crippen molar-refractivity contribution in [1.29, 1.82) is 0 Å². The number of unbranched alkanes of at least 4 members (excludes halogenated alkanes) is 1. The van der Waals surface area contributed by atoms with Gasteiger partial charge in [0.1, 0.15) is 6.61 Å². The fraction of sp³-hybridized carbons (Fsp3) is 1.00. The highest BCUT2D eigenvalue weighted by Crippen LogP contribution is 2.00. The smallest absolute Gasteiger partial charge is 0.294 e. The molecule has 0 radical (unpaired) electrons. The van der Waals surface area contributed by atoms with E-state index in [4.69, 9.17) is 5.11 Å². The van der Waals surface area contributed by atoms with Crippen LogP contribution in [0.1, 0.15) is 26.2 Å². The van der Waals surface area contributed by atoms with Crippen LogP contribution in [0.4, 0.5) is 0 Å². The Hall–Kier alpha value is -0.840. The molecule has 0 aliphatic carbocycles. The molecule has 0 saturated carbocycles. The Morgan fingerprint density at radius 1 is 1.73 bits per heavy atom. The lowest BCUT2D eigenvalue weighted by Gasteiger charge is -2.06. The van der Waals surface area contributed by atoms with Crippen LogP contribution >= 0.6 is 0 Å². The van der Waals surface area contributed by atoms with Crippen LogP contribution < -0.4 is 0 Å². The van der Waals surface area contributed by atoms with Gasteiger partial charge in [-0.3, -0.25) is 0 Å². The molecule has 0 heterocycles. The molecule has 0 rings (SSSR count). The summed E-state index contributed by atoms with van der Waals surface area (Å²) in [6.07, 6.45) is 1.68. The van der Waals surface area contributed by atoms with Gasteiger partial charge in [0, 0.05) is 0 Å². The van der Waals surface area contributed by atoms with Gasteiger partial charge in [-0.25, -0.2) is 0 Å². The Morgan fingerprint density at radius 2 is 2.36 bits per heavy atom. The van der Waals surface area contributed by atoms with E-state index in [-0.39, 0.29) is 6.61 Å². The second-order valence-electron chi connectivity index (χ2n) is 2.32. The van der Waals surface area contributed by atoms with Gasteiger partial charge in [0.2, 0.25) is 0 Å². The van der Waals surface area contributed by atoms with Crippen LogP contribution in [-0.4, -0.2) is 22.9 Å². The maximum absolute atomic E-state index is 9.65. The molecular formula is C6H13NO4. The topological polar surface area (TPSA) is 72.6 Å². The molecule has 5 heteroatoms. The lowest BCUT2D eigenvalue weighted by Crippen LogP contribution is -2.17. The van der Waals surface area contributed by atoms with Crippen molar-refractivity contribution in [2.24, 2.45) is 0 Å². The molecule has 1 atom stereocenters. The van der Waals surface area contributed by atoms with Crippen LogP contribution in [0.2, 0.25) is 0 Å². The molecule has 0 bridgehead atoms. The van der Waals surface area contributed by atoms with Gasteiger partial charge in [-0.15, -0.1) is 10.1 Å². The third-order valence-corrected chi connectivity index (χ3v) is 1.26. The number of hydrogen-bond acceptors (Lipinski definition) is 4. The third-order valence-electron chi connectivity index (χ3n) is 1.26. The van der Waals surface area contributed by atoms with Gasteiger partial charge in [-0.2, -0.15) is 0 Å². The zero-order chi connectivity index (χ0) is 8.69. The summed E-state index contributed by atoms with van der Waals surface area (Å²) in [6, 6.07) is 0. The van der Waals surface area contributed by atoms with Crippen LogP contribution in [0.15, 0.2) is 0 Å². The number of rotatable bonds is 6.